The second kappa shape index (κ2) is 7.22. The Morgan fingerprint density at radius 2 is 1.82 bits per heavy atom. The number of amides is 2. The lowest BCUT2D eigenvalue weighted by Gasteiger charge is -2.41. The fourth-order valence-electron chi connectivity index (χ4n) is 5.98. The molecule has 7 nitrogen and oxygen atoms in total. The zero-order valence-corrected chi connectivity index (χ0v) is 19.2. The van der Waals surface area contributed by atoms with Gasteiger partial charge in [-0.1, -0.05) is 11.6 Å². The van der Waals surface area contributed by atoms with Crippen molar-refractivity contribution < 1.29 is 28.7 Å². The SMILES string of the molecule is CC1=CC(=O)C2=C(C1=O)C(c1ccc(CO)o1)C1=CCC3C(=O)N(C(C)(C)C)C(=O)C3C1C2. The van der Waals surface area contributed by atoms with Crippen LogP contribution < -0.4 is 0 Å². The second-order valence-electron chi connectivity index (χ2n) is 10.4. The maximum absolute atomic E-state index is 13.5. The van der Waals surface area contributed by atoms with E-state index in [1.54, 1.807) is 19.1 Å². The highest BCUT2D eigenvalue weighted by Crippen LogP contribution is 2.55. The highest BCUT2D eigenvalue weighted by atomic mass is 16.4. The van der Waals surface area contributed by atoms with Crippen molar-refractivity contribution in [1.29, 1.82) is 0 Å². The topological polar surface area (TPSA) is 105 Å². The number of aliphatic hydroxyl groups excluding tert-OH is 1. The van der Waals surface area contributed by atoms with Crippen LogP contribution in [0.15, 0.2) is 51.0 Å². The van der Waals surface area contributed by atoms with E-state index in [-0.39, 0.29) is 42.3 Å². The monoisotopic (exact) mass is 449 g/mol. The standard InChI is InChI=1S/C26H27NO6/c1-12-9-18(29)17-10-16-14(21(22(17)23(12)30)19-8-5-13(11-28)33-19)6-7-15-20(16)25(32)27(24(15)31)26(2,3)4/h5-6,8-9,15-16,20-21,28H,7,10-11H2,1-4H3. The van der Waals surface area contributed by atoms with E-state index in [2.05, 4.69) is 0 Å². The maximum Gasteiger partial charge on any atom is 0.234 e. The molecule has 0 spiro atoms. The predicted octanol–water partition coefficient (Wildman–Crippen LogP) is 3.00. The third kappa shape index (κ3) is 3.05. The number of fused-ring (bicyclic) bond motifs is 3. The number of Topliss-reactive ketones (excluding diaryl/α,β-unsaturated/α-hetero) is 1. The third-order valence-corrected chi connectivity index (χ3v) is 7.36. The van der Waals surface area contributed by atoms with E-state index in [0.29, 0.717) is 34.7 Å². The van der Waals surface area contributed by atoms with Gasteiger partial charge in [-0.3, -0.25) is 24.1 Å². The molecule has 1 aromatic rings. The summed E-state index contributed by atoms with van der Waals surface area (Å²) in [5.74, 6) is -2.04. The number of nitrogens with zero attached hydrogens (tertiary/aromatic N) is 1. The lowest BCUT2D eigenvalue weighted by Crippen LogP contribution is -2.46. The van der Waals surface area contributed by atoms with Crippen LogP contribution in [-0.2, 0) is 25.8 Å². The molecule has 1 N–H and O–H groups in total. The number of ketones is 2. The van der Waals surface area contributed by atoms with Crippen LogP contribution in [0.25, 0.3) is 0 Å². The van der Waals surface area contributed by atoms with Crippen LogP contribution in [0.3, 0.4) is 0 Å². The molecule has 2 amide bonds. The van der Waals surface area contributed by atoms with Crippen molar-refractivity contribution in [3.8, 4) is 0 Å². The number of likely N-dealkylation sites (tertiary alicyclic amines) is 1. The van der Waals surface area contributed by atoms with Gasteiger partial charge in [0.15, 0.2) is 11.6 Å². The number of hydrogen-bond donors (Lipinski definition) is 1. The van der Waals surface area contributed by atoms with Crippen LogP contribution in [-0.4, -0.2) is 38.9 Å². The quantitative estimate of drug-likeness (QED) is 0.423. The van der Waals surface area contributed by atoms with Crippen LogP contribution >= 0.6 is 0 Å². The highest BCUT2D eigenvalue weighted by molar-refractivity contribution is 6.23. The minimum absolute atomic E-state index is 0.175. The fourth-order valence-corrected chi connectivity index (χ4v) is 5.98. The molecule has 4 aliphatic rings. The van der Waals surface area contributed by atoms with Gasteiger partial charge in [0.05, 0.1) is 17.8 Å². The predicted molar refractivity (Wildman–Crippen MR) is 118 cm³/mol. The molecule has 1 fully saturated rings. The summed E-state index contributed by atoms with van der Waals surface area (Å²) in [4.78, 5) is 54.4. The molecule has 1 saturated heterocycles. The largest absolute Gasteiger partial charge is 0.463 e. The summed E-state index contributed by atoms with van der Waals surface area (Å²) < 4.78 is 5.85. The average Bonchev–Trinajstić information content (AvgIpc) is 3.32. The number of carbonyl (C=O) groups is 4. The van der Waals surface area contributed by atoms with Gasteiger partial charge in [0, 0.05) is 22.3 Å². The lowest BCUT2D eigenvalue weighted by molar-refractivity contribution is -0.145. The number of rotatable bonds is 2. The summed E-state index contributed by atoms with van der Waals surface area (Å²) in [5.41, 5.74) is 1.37. The summed E-state index contributed by atoms with van der Waals surface area (Å²) in [6, 6.07) is 3.36. The van der Waals surface area contributed by atoms with Gasteiger partial charge in [-0.15, -0.1) is 0 Å². The van der Waals surface area contributed by atoms with Crippen LogP contribution in [0.4, 0.5) is 0 Å². The zero-order chi connectivity index (χ0) is 23.8. The van der Waals surface area contributed by atoms with E-state index in [4.69, 9.17) is 4.42 Å². The smallest absolute Gasteiger partial charge is 0.234 e. The van der Waals surface area contributed by atoms with Gasteiger partial charge in [0.25, 0.3) is 0 Å². The Hall–Kier alpha value is -3.06. The Labute approximate surface area is 191 Å². The van der Waals surface area contributed by atoms with Gasteiger partial charge in [0.2, 0.25) is 11.8 Å². The maximum atomic E-state index is 13.5. The zero-order valence-electron chi connectivity index (χ0n) is 19.2. The first-order chi connectivity index (χ1) is 15.5. The number of hydrogen-bond acceptors (Lipinski definition) is 6. The molecule has 1 aromatic heterocycles. The van der Waals surface area contributed by atoms with E-state index in [9.17, 15) is 24.3 Å². The Morgan fingerprint density at radius 1 is 1.09 bits per heavy atom. The fraction of sp³-hybridized carbons (Fsp3) is 0.462. The van der Waals surface area contributed by atoms with Gasteiger partial charge in [-0.25, -0.2) is 0 Å². The molecule has 0 saturated carbocycles. The van der Waals surface area contributed by atoms with Crippen LogP contribution in [0.2, 0.25) is 0 Å². The van der Waals surface area contributed by atoms with Crippen molar-refractivity contribution in [2.75, 3.05) is 0 Å². The van der Waals surface area contributed by atoms with Gasteiger partial charge in [-0.05, 0) is 64.7 Å². The first-order valence-electron chi connectivity index (χ1n) is 11.3. The van der Waals surface area contributed by atoms with Crippen molar-refractivity contribution in [1.82, 2.24) is 4.90 Å². The lowest BCUT2D eigenvalue weighted by atomic mass is 9.60. The normalized spacial score (nSPS) is 29.7. The number of aliphatic hydroxyl groups is 1. The van der Waals surface area contributed by atoms with Gasteiger partial charge >= 0.3 is 0 Å². The van der Waals surface area contributed by atoms with Crippen molar-refractivity contribution >= 4 is 23.4 Å². The van der Waals surface area contributed by atoms with E-state index in [0.717, 1.165) is 5.57 Å². The Balaban J connectivity index is 1.67. The molecule has 33 heavy (non-hydrogen) atoms. The Bertz CT molecular complexity index is 1200. The molecule has 5 rings (SSSR count). The minimum atomic E-state index is -0.641. The molecule has 4 unspecified atom stereocenters. The van der Waals surface area contributed by atoms with Crippen molar-refractivity contribution in [2.45, 2.75) is 58.6 Å². The molecule has 7 heteroatoms. The summed E-state index contributed by atoms with van der Waals surface area (Å²) in [6.45, 7) is 6.87. The molecular weight excluding hydrogens is 422 g/mol. The van der Waals surface area contributed by atoms with E-state index < -0.39 is 23.3 Å². The average molecular weight is 450 g/mol. The molecule has 0 aromatic carbocycles. The number of carbonyl (C=O) groups excluding carboxylic acids is 4. The van der Waals surface area contributed by atoms with Gasteiger partial charge < -0.3 is 9.52 Å². The first-order valence-corrected chi connectivity index (χ1v) is 11.3. The molecule has 1 aliphatic heterocycles. The molecule has 4 atom stereocenters. The van der Waals surface area contributed by atoms with Crippen molar-refractivity contribution in [3.63, 3.8) is 0 Å². The first kappa shape index (κ1) is 21.8. The number of imide groups is 1. The van der Waals surface area contributed by atoms with Crippen LogP contribution in [0.1, 0.15) is 58.0 Å². The number of allylic oxidation sites excluding steroid dienone is 6. The second-order valence-corrected chi connectivity index (χ2v) is 10.4. The van der Waals surface area contributed by atoms with Gasteiger partial charge in [0.1, 0.15) is 18.1 Å². The summed E-state index contributed by atoms with van der Waals surface area (Å²) in [6.07, 6.45) is 3.97. The van der Waals surface area contributed by atoms with Crippen LogP contribution in [0.5, 0.6) is 0 Å². The van der Waals surface area contributed by atoms with E-state index >= 15 is 0 Å². The Morgan fingerprint density at radius 3 is 2.45 bits per heavy atom. The molecule has 3 aliphatic carbocycles. The summed E-state index contributed by atoms with van der Waals surface area (Å²) in [5, 5.41) is 9.50. The minimum Gasteiger partial charge on any atom is -0.463 e. The third-order valence-electron chi connectivity index (χ3n) is 7.36. The molecule has 2 heterocycles. The Kier molecular flexibility index (Phi) is 4.76. The van der Waals surface area contributed by atoms with E-state index in [1.165, 1.54) is 11.0 Å². The summed E-state index contributed by atoms with van der Waals surface area (Å²) >= 11 is 0. The van der Waals surface area contributed by atoms with E-state index in [1.807, 2.05) is 26.8 Å². The van der Waals surface area contributed by atoms with Crippen molar-refractivity contribution in [3.05, 3.63) is 58.1 Å². The number of furan rings is 1. The molecule has 172 valence electrons. The molecule has 0 bridgehead atoms. The van der Waals surface area contributed by atoms with Crippen molar-refractivity contribution in [2.24, 2.45) is 17.8 Å². The summed E-state index contributed by atoms with van der Waals surface area (Å²) in [7, 11) is 0. The van der Waals surface area contributed by atoms with Crippen LogP contribution in [0, 0.1) is 17.8 Å². The highest BCUT2D eigenvalue weighted by Gasteiger charge is 2.58. The van der Waals surface area contributed by atoms with Gasteiger partial charge in [-0.2, -0.15) is 0 Å². The molecular formula is C26H27NO6. The molecule has 0 radical (unpaired) electrons.